The number of aromatic amines is 1. The molecular formula is C29H39ClN10O3. The summed E-state index contributed by atoms with van der Waals surface area (Å²) in [4.78, 5) is 28.6. The van der Waals surface area contributed by atoms with Crippen molar-refractivity contribution < 1.29 is 9.47 Å². The first-order valence-corrected chi connectivity index (χ1v) is 15.3. The fourth-order valence-electron chi connectivity index (χ4n) is 6.56. The Morgan fingerprint density at radius 3 is 2.53 bits per heavy atom. The number of aromatic nitrogens is 4. The second-order valence-corrected chi connectivity index (χ2v) is 11.9. The molecule has 1 aromatic carbocycles. The van der Waals surface area contributed by atoms with Gasteiger partial charge in [-0.3, -0.25) is 35.7 Å². The number of aliphatic imine (C=N–C) groups is 1. The van der Waals surface area contributed by atoms with Crippen LogP contribution in [0.2, 0.25) is 5.02 Å². The number of ether oxygens (including phenoxy) is 2. The number of rotatable bonds is 11. The molecule has 230 valence electrons. The molecule has 3 aliphatic rings. The van der Waals surface area contributed by atoms with Gasteiger partial charge in [0.2, 0.25) is 5.95 Å². The van der Waals surface area contributed by atoms with Crippen LogP contribution in [0.15, 0.2) is 46.6 Å². The molecular weight excluding hydrogens is 572 g/mol. The molecule has 0 radical (unpaired) electrons. The summed E-state index contributed by atoms with van der Waals surface area (Å²) in [5, 5.41) is 6.58. The second kappa shape index (κ2) is 13.4. The minimum Gasteiger partial charge on any atom is -0.487 e. The fourth-order valence-corrected chi connectivity index (χ4v) is 6.72. The van der Waals surface area contributed by atoms with Gasteiger partial charge in [0.05, 0.1) is 43.4 Å². The topological polar surface area (TPSA) is 160 Å². The molecule has 0 unspecified atom stereocenters. The van der Waals surface area contributed by atoms with Crippen LogP contribution < -0.4 is 32.4 Å². The Bertz CT molecular complexity index is 1440. The van der Waals surface area contributed by atoms with Crippen LogP contribution in [0.5, 0.6) is 5.75 Å². The van der Waals surface area contributed by atoms with E-state index in [2.05, 4.69) is 41.2 Å². The van der Waals surface area contributed by atoms with Crippen molar-refractivity contribution in [3.05, 3.63) is 52.2 Å². The molecule has 1 aliphatic carbocycles. The van der Waals surface area contributed by atoms with E-state index in [1.807, 2.05) is 29.9 Å². The molecule has 43 heavy (non-hydrogen) atoms. The van der Waals surface area contributed by atoms with E-state index in [1.54, 1.807) is 18.5 Å². The van der Waals surface area contributed by atoms with E-state index in [4.69, 9.17) is 26.9 Å². The largest absolute Gasteiger partial charge is 0.487 e. The zero-order valence-corrected chi connectivity index (χ0v) is 25.0. The summed E-state index contributed by atoms with van der Waals surface area (Å²) in [6.07, 6.45) is 13.4. The lowest BCUT2D eigenvalue weighted by molar-refractivity contribution is -0.0458. The van der Waals surface area contributed by atoms with Crippen molar-refractivity contribution in [2.24, 2.45) is 10.8 Å². The van der Waals surface area contributed by atoms with Crippen LogP contribution in [-0.4, -0.2) is 75.0 Å². The van der Waals surface area contributed by atoms with Gasteiger partial charge in [0.1, 0.15) is 17.5 Å². The van der Waals surface area contributed by atoms with Crippen LogP contribution in [0.4, 0.5) is 11.6 Å². The molecule has 13 nitrogen and oxygen atoms in total. The van der Waals surface area contributed by atoms with E-state index in [-0.39, 0.29) is 17.7 Å². The Hall–Kier alpha value is -3.49. The number of hydrogen-bond acceptors (Lipinski definition) is 10. The first kappa shape index (κ1) is 29.6. The third-order valence-electron chi connectivity index (χ3n) is 8.61. The van der Waals surface area contributed by atoms with Gasteiger partial charge in [0.15, 0.2) is 0 Å². The van der Waals surface area contributed by atoms with Crippen LogP contribution in [0, 0.1) is 0 Å². The average molecular weight is 611 g/mol. The van der Waals surface area contributed by atoms with Gasteiger partial charge in [-0.05, 0) is 63.1 Å². The van der Waals surface area contributed by atoms with Gasteiger partial charge < -0.3 is 14.8 Å². The van der Waals surface area contributed by atoms with Crippen LogP contribution >= 0.6 is 11.6 Å². The van der Waals surface area contributed by atoms with Crippen LogP contribution in [0.25, 0.3) is 11.1 Å². The maximum absolute atomic E-state index is 12.8. The molecule has 4 heterocycles. The first-order chi connectivity index (χ1) is 21.0. The van der Waals surface area contributed by atoms with Gasteiger partial charge in [-0.15, -0.1) is 0 Å². The summed E-state index contributed by atoms with van der Waals surface area (Å²) in [5.41, 5.74) is 6.72. The Balaban J connectivity index is 1.05. The van der Waals surface area contributed by atoms with Gasteiger partial charge in [-0.1, -0.05) is 17.7 Å². The van der Waals surface area contributed by atoms with E-state index in [0.717, 1.165) is 50.0 Å². The highest BCUT2D eigenvalue weighted by atomic mass is 35.5. The van der Waals surface area contributed by atoms with E-state index < -0.39 is 0 Å². The Morgan fingerprint density at radius 2 is 1.81 bits per heavy atom. The maximum atomic E-state index is 12.8. The number of nitrogens with zero attached hydrogens (tertiary/aromatic N) is 5. The molecule has 3 atom stereocenters. The number of hydrogen-bond donors (Lipinski definition) is 5. The van der Waals surface area contributed by atoms with Crippen molar-refractivity contribution in [1.29, 1.82) is 0 Å². The number of nitrogens with two attached hydrogens (primary N) is 1. The van der Waals surface area contributed by atoms with E-state index in [9.17, 15) is 4.79 Å². The van der Waals surface area contributed by atoms with Gasteiger partial charge in [0, 0.05) is 36.1 Å². The van der Waals surface area contributed by atoms with Crippen molar-refractivity contribution in [3.8, 4) is 16.9 Å². The highest BCUT2D eigenvalue weighted by Gasteiger charge is 2.42. The highest BCUT2D eigenvalue weighted by molar-refractivity contribution is 6.32. The first-order valence-electron chi connectivity index (χ1n) is 14.9. The zero-order chi connectivity index (χ0) is 29.8. The number of H-pyrrole nitrogens is 1. The highest BCUT2D eigenvalue weighted by Crippen LogP contribution is 2.38. The quantitative estimate of drug-likeness (QED) is 0.0944. The summed E-state index contributed by atoms with van der Waals surface area (Å²) < 4.78 is 13.7. The van der Waals surface area contributed by atoms with E-state index in [0.29, 0.717) is 47.1 Å². The van der Waals surface area contributed by atoms with E-state index in [1.165, 1.54) is 19.2 Å². The lowest BCUT2D eigenvalue weighted by Gasteiger charge is -2.43. The fraction of sp³-hybridized carbons (Fsp3) is 0.517. The third-order valence-corrected chi connectivity index (χ3v) is 8.93. The van der Waals surface area contributed by atoms with Gasteiger partial charge in [-0.25, -0.2) is 9.97 Å². The number of hydrazine groups is 2. The molecule has 6 N–H and O–H groups in total. The summed E-state index contributed by atoms with van der Waals surface area (Å²) in [6.45, 7) is 4.05. The molecule has 2 saturated heterocycles. The lowest BCUT2D eigenvalue weighted by Crippen LogP contribution is -2.52. The Kier molecular flexibility index (Phi) is 9.24. The zero-order valence-electron chi connectivity index (χ0n) is 24.2. The predicted octanol–water partition coefficient (Wildman–Crippen LogP) is 3.14. The number of benzene rings is 1. The standard InChI is InChI=1S/C29H39ClN10O3/c1-18(11-32-17-35-38-31)43-27-10-19(2-9-25(27)30)20-12-33-29(34-13-20)36-26-14-39(37-28(26)41)21-3-5-22(6-4-21)40-23-7-8-24(40)16-42-15-23/h2,9-10,12-14,17-18,21-24,38H,3-8,11,15-16,31H2,1H3,(H,32,35)(H,37,41)(H,33,34,36)/t18-,21?,22?,23-,24+/m0/s1. The minimum absolute atomic E-state index is 0.186. The molecule has 2 bridgehead atoms. The van der Waals surface area contributed by atoms with Crippen LogP contribution in [0.3, 0.4) is 0 Å². The lowest BCUT2D eigenvalue weighted by atomic mass is 9.89. The van der Waals surface area contributed by atoms with Crippen molar-refractivity contribution >= 4 is 29.6 Å². The monoisotopic (exact) mass is 610 g/mol. The molecule has 2 aromatic heterocycles. The number of anilines is 2. The molecule has 3 aromatic rings. The number of morpholine rings is 1. The smallest absolute Gasteiger partial charge is 0.287 e. The van der Waals surface area contributed by atoms with Gasteiger partial charge >= 0.3 is 0 Å². The summed E-state index contributed by atoms with van der Waals surface area (Å²) in [7, 11) is 0. The normalized spacial score (nSPS) is 24.7. The van der Waals surface area contributed by atoms with Crippen LogP contribution in [-0.2, 0) is 4.74 Å². The van der Waals surface area contributed by atoms with Gasteiger partial charge in [0.25, 0.3) is 5.56 Å². The molecule has 14 heteroatoms. The summed E-state index contributed by atoms with van der Waals surface area (Å²) >= 11 is 6.37. The molecule has 3 fully saturated rings. The van der Waals surface area contributed by atoms with Crippen molar-refractivity contribution in [3.63, 3.8) is 0 Å². The van der Waals surface area contributed by atoms with Crippen molar-refractivity contribution in [2.75, 3.05) is 25.1 Å². The molecule has 1 saturated carbocycles. The summed E-state index contributed by atoms with van der Waals surface area (Å²) in [6, 6.07) is 7.56. The molecule has 6 rings (SSSR count). The Morgan fingerprint density at radius 1 is 1.12 bits per heavy atom. The number of nitrogens with one attached hydrogen (secondary N) is 4. The summed E-state index contributed by atoms with van der Waals surface area (Å²) in [5.74, 6) is 6.02. The maximum Gasteiger partial charge on any atom is 0.287 e. The number of fused-ring (bicyclic) bond motifs is 2. The average Bonchev–Trinajstić information content (AvgIpc) is 3.51. The predicted molar refractivity (Wildman–Crippen MR) is 165 cm³/mol. The van der Waals surface area contributed by atoms with Crippen molar-refractivity contribution in [2.45, 2.75) is 75.7 Å². The van der Waals surface area contributed by atoms with Crippen LogP contribution in [0.1, 0.15) is 51.5 Å². The SMILES string of the molecule is C[C@@H](CN=CNNN)Oc1cc(-c2cnc(Nc3cn(C4CCC(N5[C@@H]6CC[C@H]5COC6)CC4)[nH]c3=O)nc2)ccc1Cl. The Labute approximate surface area is 255 Å². The van der Waals surface area contributed by atoms with E-state index >= 15 is 0 Å². The molecule has 2 aliphatic heterocycles. The third kappa shape index (κ3) is 6.86. The molecule has 0 amide bonds. The minimum atomic E-state index is -0.216. The second-order valence-electron chi connectivity index (χ2n) is 11.5. The molecule has 0 spiro atoms. The number of halogens is 1. The van der Waals surface area contributed by atoms with Crippen molar-refractivity contribution in [1.82, 2.24) is 35.6 Å². The van der Waals surface area contributed by atoms with Gasteiger partial charge in [-0.2, -0.15) is 5.53 Å².